The molecule has 1 atom stereocenters. The third-order valence-corrected chi connectivity index (χ3v) is 6.69. The Labute approximate surface area is 121 Å². The Morgan fingerprint density at radius 3 is 2.32 bits per heavy atom. The van der Waals surface area contributed by atoms with E-state index >= 15 is 0 Å². The maximum atomic E-state index is 5.42. The van der Waals surface area contributed by atoms with Gasteiger partial charge in [0.1, 0.15) is 5.54 Å². The summed E-state index contributed by atoms with van der Waals surface area (Å²) in [4.78, 5) is 4.13. The van der Waals surface area contributed by atoms with Crippen molar-refractivity contribution < 1.29 is 4.90 Å². The number of quaternary nitrogens is 1. The second-order valence-corrected chi connectivity index (χ2v) is 7.86. The maximum Gasteiger partial charge on any atom is 0.177 e. The van der Waals surface area contributed by atoms with E-state index < -0.39 is 0 Å². The lowest BCUT2D eigenvalue weighted by Gasteiger charge is -2.59. The third kappa shape index (κ3) is 1.90. The molecule has 1 saturated heterocycles. The summed E-state index contributed by atoms with van der Waals surface area (Å²) in [5.74, 6) is 3.13. The van der Waals surface area contributed by atoms with Crippen molar-refractivity contribution in [3.8, 4) is 0 Å². The van der Waals surface area contributed by atoms with Gasteiger partial charge in [-0.15, -0.1) is 0 Å². The van der Waals surface area contributed by atoms with Crippen molar-refractivity contribution >= 4 is 17.3 Å². The van der Waals surface area contributed by atoms with E-state index in [4.69, 9.17) is 12.2 Å². The molecule has 4 heteroatoms. The Kier molecular flexibility index (Phi) is 2.82. The molecule has 0 aromatic carbocycles. The summed E-state index contributed by atoms with van der Waals surface area (Å²) in [6.45, 7) is 5.45. The molecule has 4 aliphatic carbocycles. The molecule has 0 spiro atoms. The van der Waals surface area contributed by atoms with Gasteiger partial charge in [-0.1, -0.05) is 0 Å². The predicted molar refractivity (Wildman–Crippen MR) is 79.7 cm³/mol. The van der Waals surface area contributed by atoms with Crippen LogP contribution < -0.4 is 10.2 Å². The average Bonchev–Trinajstić information content (AvgIpc) is 2.37. The molecule has 0 radical (unpaired) electrons. The summed E-state index contributed by atoms with van der Waals surface area (Å²) in [7, 11) is 0. The molecule has 5 fully saturated rings. The molecule has 1 unspecified atom stereocenters. The van der Waals surface area contributed by atoms with Crippen molar-refractivity contribution in [2.24, 2.45) is 17.8 Å². The normalized spacial score (nSPS) is 48.5. The Balaban J connectivity index is 1.56. The SMILES string of the molecule is CCN1C[NH+](C23CC4CC(CC(C4)C2)C3)CNC1=S. The van der Waals surface area contributed by atoms with Gasteiger partial charge in [0.15, 0.2) is 18.4 Å². The first-order valence-electron chi connectivity index (χ1n) is 8.06. The van der Waals surface area contributed by atoms with Gasteiger partial charge in [0.25, 0.3) is 0 Å². The lowest BCUT2D eigenvalue weighted by atomic mass is 9.52. The van der Waals surface area contributed by atoms with Gasteiger partial charge in [0.2, 0.25) is 0 Å². The van der Waals surface area contributed by atoms with E-state index in [1.165, 1.54) is 38.5 Å². The highest BCUT2D eigenvalue weighted by Crippen LogP contribution is 2.54. The van der Waals surface area contributed by atoms with Crippen molar-refractivity contribution in [2.45, 2.75) is 51.0 Å². The molecule has 19 heavy (non-hydrogen) atoms. The summed E-state index contributed by atoms with van der Waals surface area (Å²) in [6.07, 6.45) is 9.07. The molecule has 5 aliphatic rings. The standard InChI is InChI=1S/C15H25N3S/c1-2-17-10-18(9-16-14(17)19)15-6-11-3-12(7-15)5-13(4-11)8-15/h11-13H,2-10H2,1H3,(H,16,19)/p+1. The molecular formula is C15H26N3S+. The topological polar surface area (TPSA) is 19.7 Å². The molecule has 4 bridgehead atoms. The van der Waals surface area contributed by atoms with E-state index in [1.54, 1.807) is 4.90 Å². The van der Waals surface area contributed by atoms with E-state index in [1.807, 2.05) is 0 Å². The molecule has 1 heterocycles. The van der Waals surface area contributed by atoms with E-state index in [-0.39, 0.29) is 0 Å². The molecule has 0 amide bonds. The Bertz CT molecular complexity index is 360. The van der Waals surface area contributed by atoms with Gasteiger partial charge in [0, 0.05) is 25.8 Å². The predicted octanol–water partition coefficient (Wildman–Crippen LogP) is 0.965. The number of rotatable bonds is 2. The summed E-state index contributed by atoms with van der Waals surface area (Å²) >= 11 is 5.42. The van der Waals surface area contributed by atoms with Crippen LogP contribution in [-0.2, 0) is 0 Å². The minimum absolute atomic E-state index is 0.588. The van der Waals surface area contributed by atoms with Crippen LogP contribution in [0.3, 0.4) is 0 Å². The van der Waals surface area contributed by atoms with Gasteiger partial charge in [0.05, 0.1) is 0 Å². The largest absolute Gasteiger partial charge is 0.316 e. The van der Waals surface area contributed by atoms with Crippen LogP contribution in [0.4, 0.5) is 0 Å². The highest BCUT2D eigenvalue weighted by molar-refractivity contribution is 7.80. The Hall–Kier alpha value is -0.350. The van der Waals surface area contributed by atoms with Crippen LogP contribution in [0.2, 0.25) is 0 Å². The molecular weight excluding hydrogens is 254 g/mol. The zero-order chi connectivity index (χ0) is 13.0. The minimum Gasteiger partial charge on any atom is -0.316 e. The molecule has 4 saturated carbocycles. The first kappa shape index (κ1) is 12.4. The number of nitrogens with one attached hydrogen (secondary N) is 2. The van der Waals surface area contributed by atoms with Crippen molar-refractivity contribution in [1.82, 2.24) is 10.2 Å². The zero-order valence-corrected chi connectivity index (χ0v) is 12.8. The number of hydrogen-bond acceptors (Lipinski definition) is 1. The monoisotopic (exact) mass is 280 g/mol. The van der Waals surface area contributed by atoms with Crippen LogP contribution >= 0.6 is 12.2 Å². The molecule has 0 aromatic rings. The molecule has 2 N–H and O–H groups in total. The quantitative estimate of drug-likeness (QED) is 0.735. The fraction of sp³-hybridized carbons (Fsp3) is 0.933. The van der Waals surface area contributed by atoms with Crippen LogP contribution in [0.1, 0.15) is 45.4 Å². The molecule has 1 aliphatic heterocycles. The van der Waals surface area contributed by atoms with Crippen molar-refractivity contribution in [3.63, 3.8) is 0 Å². The van der Waals surface area contributed by atoms with Crippen LogP contribution in [0.5, 0.6) is 0 Å². The van der Waals surface area contributed by atoms with Gasteiger partial charge in [-0.3, -0.25) is 4.90 Å². The van der Waals surface area contributed by atoms with Crippen molar-refractivity contribution in [2.75, 3.05) is 19.9 Å². The van der Waals surface area contributed by atoms with Crippen molar-refractivity contribution in [3.05, 3.63) is 0 Å². The van der Waals surface area contributed by atoms with Gasteiger partial charge in [-0.25, -0.2) is 0 Å². The maximum absolute atomic E-state index is 5.42. The highest BCUT2D eigenvalue weighted by atomic mass is 32.1. The lowest BCUT2D eigenvalue weighted by molar-refractivity contribution is -0.971. The first-order chi connectivity index (χ1) is 9.18. The first-order valence-corrected chi connectivity index (χ1v) is 8.47. The minimum atomic E-state index is 0.588. The fourth-order valence-electron chi connectivity index (χ4n) is 5.81. The highest BCUT2D eigenvalue weighted by Gasteiger charge is 2.56. The van der Waals surface area contributed by atoms with Crippen LogP contribution in [-0.4, -0.2) is 35.4 Å². The summed E-state index contributed by atoms with van der Waals surface area (Å²) in [5.41, 5.74) is 0.588. The molecule has 5 rings (SSSR count). The molecule has 3 nitrogen and oxygen atoms in total. The number of hydrogen-bond donors (Lipinski definition) is 2. The van der Waals surface area contributed by atoms with E-state index in [2.05, 4.69) is 17.1 Å². The fourth-order valence-corrected chi connectivity index (χ4v) is 6.07. The number of thiocarbonyl (C=S) groups is 1. The average molecular weight is 280 g/mol. The Morgan fingerprint density at radius 1 is 1.21 bits per heavy atom. The van der Waals surface area contributed by atoms with Gasteiger partial charge < -0.3 is 10.2 Å². The zero-order valence-electron chi connectivity index (χ0n) is 12.0. The summed E-state index contributed by atoms with van der Waals surface area (Å²) in [5, 5.41) is 4.45. The van der Waals surface area contributed by atoms with Crippen LogP contribution in [0.15, 0.2) is 0 Å². The number of nitrogens with zero attached hydrogens (tertiary/aromatic N) is 1. The van der Waals surface area contributed by atoms with E-state index in [0.717, 1.165) is 42.7 Å². The van der Waals surface area contributed by atoms with Crippen LogP contribution in [0, 0.1) is 17.8 Å². The molecule has 0 aromatic heterocycles. The summed E-state index contributed by atoms with van der Waals surface area (Å²) in [6, 6.07) is 0. The van der Waals surface area contributed by atoms with Gasteiger partial charge in [-0.2, -0.15) is 0 Å². The third-order valence-electron chi connectivity index (χ3n) is 6.29. The second kappa shape index (κ2) is 4.32. The van der Waals surface area contributed by atoms with Gasteiger partial charge in [-0.05, 0) is 56.2 Å². The van der Waals surface area contributed by atoms with E-state index in [9.17, 15) is 0 Å². The smallest absolute Gasteiger partial charge is 0.177 e. The Morgan fingerprint density at radius 2 is 1.79 bits per heavy atom. The van der Waals surface area contributed by atoms with Gasteiger partial charge >= 0.3 is 0 Å². The van der Waals surface area contributed by atoms with E-state index in [0.29, 0.717) is 5.54 Å². The molecule has 106 valence electrons. The summed E-state index contributed by atoms with van der Waals surface area (Å²) < 4.78 is 0. The lowest BCUT2D eigenvalue weighted by Crippen LogP contribution is -3.25. The second-order valence-electron chi connectivity index (χ2n) is 7.47. The van der Waals surface area contributed by atoms with Crippen molar-refractivity contribution in [1.29, 1.82) is 0 Å². The van der Waals surface area contributed by atoms with Crippen LogP contribution in [0.25, 0.3) is 0 Å².